The average molecular weight is 411 g/mol. The maximum absolute atomic E-state index is 4.77. The lowest BCUT2D eigenvalue weighted by molar-refractivity contribution is 1.13. The van der Waals surface area contributed by atoms with Gasteiger partial charge in [0.15, 0.2) is 17.5 Å². The Hall–Kier alpha value is -3.93. The minimum Gasteiger partial charge on any atom is -0.378 e. The molecule has 31 heavy (non-hydrogen) atoms. The van der Waals surface area contributed by atoms with E-state index in [0.717, 1.165) is 28.3 Å². The van der Waals surface area contributed by atoms with Crippen LogP contribution in [0.3, 0.4) is 0 Å². The van der Waals surface area contributed by atoms with Gasteiger partial charge < -0.3 is 15.1 Å². The molecule has 3 aromatic rings. The smallest absolute Gasteiger partial charge is 0.198 e. The zero-order valence-corrected chi connectivity index (χ0v) is 18.2. The molecule has 1 N–H and O–H groups in total. The maximum atomic E-state index is 4.77. The third kappa shape index (κ3) is 4.80. The summed E-state index contributed by atoms with van der Waals surface area (Å²) in [5, 5.41) is 3.38. The van der Waals surface area contributed by atoms with Crippen molar-refractivity contribution in [2.75, 3.05) is 43.3 Å². The molecule has 0 aliphatic carbocycles. The van der Waals surface area contributed by atoms with Crippen molar-refractivity contribution in [2.24, 2.45) is 15.0 Å². The number of hydrogen-bond donors (Lipinski definition) is 1. The molecule has 1 heterocycles. The van der Waals surface area contributed by atoms with Gasteiger partial charge in [-0.3, -0.25) is 0 Å². The Morgan fingerprint density at radius 2 is 1.26 bits per heavy atom. The summed E-state index contributed by atoms with van der Waals surface area (Å²) in [4.78, 5) is 18.4. The van der Waals surface area contributed by atoms with Gasteiger partial charge in [-0.05, 0) is 48.5 Å². The predicted molar refractivity (Wildman–Crippen MR) is 133 cm³/mol. The summed E-state index contributed by atoms with van der Waals surface area (Å²) in [6.45, 7) is 0. The lowest BCUT2D eigenvalue weighted by Crippen LogP contribution is -2.19. The normalized spacial score (nSPS) is 14.3. The summed E-state index contributed by atoms with van der Waals surface area (Å²) < 4.78 is 0. The summed E-state index contributed by atoms with van der Waals surface area (Å²) in [7, 11) is 8.08. The molecule has 0 unspecified atom stereocenters. The van der Waals surface area contributed by atoms with Crippen molar-refractivity contribution in [3.63, 3.8) is 0 Å². The van der Waals surface area contributed by atoms with Crippen LogP contribution in [0.5, 0.6) is 0 Å². The van der Waals surface area contributed by atoms with Gasteiger partial charge in [-0.2, -0.15) is 0 Å². The first kappa shape index (κ1) is 20.3. The van der Waals surface area contributed by atoms with Gasteiger partial charge in [0, 0.05) is 50.8 Å². The molecule has 1 aliphatic heterocycles. The molecule has 4 rings (SSSR count). The van der Waals surface area contributed by atoms with Crippen molar-refractivity contribution in [1.82, 2.24) is 0 Å². The van der Waals surface area contributed by atoms with Crippen molar-refractivity contribution >= 4 is 40.3 Å². The first-order valence-electron chi connectivity index (χ1n) is 10.1. The van der Waals surface area contributed by atoms with E-state index < -0.39 is 0 Å². The van der Waals surface area contributed by atoms with Crippen molar-refractivity contribution in [3.05, 3.63) is 84.4 Å². The highest BCUT2D eigenvalue weighted by molar-refractivity contribution is 6.51. The molecule has 0 spiro atoms. The zero-order chi connectivity index (χ0) is 21.8. The molecular formula is C25H26N6. The summed E-state index contributed by atoms with van der Waals surface area (Å²) in [6, 6.07) is 26.2. The number of benzene rings is 3. The first-order valence-corrected chi connectivity index (χ1v) is 10.1. The predicted octanol–water partition coefficient (Wildman–Crippen LogP) is 4.82. The van der Waals surface area contributed by atoms with E-state index in [-0.39, 0.29) is 0 Å². The molecule has 0 amide bonds. The van der Waals surface area contributed by atoms with Crippen LogP contribution >= 0.6 is 0 Å². The quantitative estimate of drug-likeness (QED) is 0.656. The molecule has 0 aromatic heterocycles. The highest BCUT2D eigenvalue weighted by Crippen LogP contribution is 2.21. The second-order valence-corrected chi connectivity index (χ2v) is 7.67. The van der Waals surface area contributed by atoms with Crippen LogP contribution in [-0.4, -0.2) is 45.7 Å². The van der Waals surface area contributed by atoms with Crippen LogP contribution < -0.4 is 15.1 Å². The molecule has 0 radical (unpaired) electrons. The number of anilines is 3. The fourth-order valence-electron chi connectivity index (χ4n) is 3.14. The second kappa shape index (κ2) is 8.83. The standard InChI is InChI=1S/C25H26N6/c1-30(2)21-14-10-19(11-15-21)26-24-25(27-20-12-16-22(17-13-20)31(3)4)29-23(28-24)18-8-6-5-7-9-18/h5-17H,1-4H3,(H,26,27,28,29). The molecule has 6 nitrogen and oxygen atoms in total. The summed E-state index contributed by atoms with van der Waals surface area (Å²) in [6.07, 6.45) is 0. The highest BCUT2D eigenvalue weighted by Gasteiger charge is 2.20. The molecule has 1 aliphatic rings. The summed E-state index contributed by atoms with van der Waals surface area (Å²) in [5.41, 5.74) is 4.98. The van der Waals surface area contributed by atoms with Crippen LogP contribution in [0.4, 0.5) is 22.7 Å². The average Bonchev–Trinajstić information content (AvgIpc) is 3.17. The van der Waals surface area contributed by atoms with Crippen LogP contribution in [0.15, 0.2) is 93.8 Å². The highest BCUT2D eigenvalue weighted by atomic mass is 15.2. The van der Waals surface area contributed by atoms with Gasteiger partial charge in [0.2, 0.25) is 0 Å². The van der Waals surface area contributed by atoms with Crippen molar-refractivity contribution < 1.29 is 0 Å². The molecule has 156 valence electrons. The third-order valence-electron chi connectivity index (χ3n) is 4.92. The third-order valence-corrected chi connectivity index (χ3v) is 4.92. The minimum atomic E-state index is 0.563. The molecule has 0 atom stereocenters. The summed E-state index contributed by atoms with van der Waals surface area (Å²) >= 11 is 0. The molecule has 3 aromatic carbocycles. The Kier molecular flexibility index (Phi) is 5.80. The molecule has 0 saturated heterocycles. The van der Waals surface area contributed by atoms with Crippen LogP contribution in [0.1, 0.15) is 5.56 Å². The van der Waals surface area contributed by atoms with Gasteiger partial charge in [-0.15, -0.1) is 0 Å². The lowest BCUT2D eigenvalue weighted by Gasteiger charge is -2.13. The number of nitrogens with zero attached hydrogens (tertiary/aromatic N) is 5. The van der Waals surface area contributed by atoms with E-state index in [1.165, 1.54) is 0 Å². The Balaban J connectivity index is 1.66. The van der Waals surface area contributed by atoms with Crippen LogP contribution in [0.25, 0.3) is 0 Å². The van der Waals surface area contributed by atoms with Gasteiger partial charge >= 0.3 is 0 Å². The monoisotopic (exact) mass is 410 g/mol. The van der Waals surface area contributed by atoms with Gasteiger partial charge in [-0.25, -0.2) is 15.0 Å². The van der Waals surface area contributed by atoms with Crippen molar-refractivity contribution in [1.29, 1.82) is 0 Å². The molecule has 0 bridgehead atoms. The molecular weight excluding hydrogens is 384 g/mol. The summed E-state index contributed by atoms with van der Waals surface area (Å²) in [5.74, 6) is 1.85. The largest absolute Gasteiger partial charge is 0.378 e. The Bertz CT molecular complexity index is 1120. The molecule has 6 heteroatoms. The Labute approximate surface area is 183 Å². The number of rotatable bonds is 5. The minimum absolute atomic E-state index is 0.563. The van der Waals surface area contributed by atoms with Crippen LogP contribution in [0, 0.1) is 0 Å². The molecule has 0 fully saturated rings. The van der Waals surface area contributed by atoms with Gasteiger partial charge in [0.1, 0.15) is 0 Å². The zero-order valence-electron chi connectivity index (χ0n) is 18.2. The van der Waals surface area contributed by atoms with Gasteiger partial charge in [0.05, 0.1) is 5.69 Å². The van der Waals surface area contributed by atoms with E-state index in [1.54, 1.807) is 0 Å². The van der Waals surface area contributed by atoms with E-state index >= 15 is 0 Å². The number of nitrogens with one attached hydrogen (secondary N) is 1. The van der Waals surface area contributed by atoms with Crippen LogP contribution in [0.2, 0.25) is 0 Å². The maximum Gasteiger partial charge on any atom is 0.198 e. The van der Waals surface area contributed by atoms with E-state index in [9.17, 15) is 0 Å². The topological polar surface area (TPSA) is 55.6 Å². The SMILES string of the molecule is CN(C)c1ccc(N=C2N=C(c3ccccc3)N=C2Nc2ccc(N(C)C)cc2)cc1. The Morgan fingerprint density at radius 1 is 0.677 bits per heavy atom. The number of amidine groups is 3. The van der Waals surface area contributed by atoms with Gasteiger partial charge in [-0.1, -0.05) is 30.3 Å². The number of hydrogen-bond acceptors (Lipinski definition) is 5. The van der Waals surface area contributed by atoms with Crippen molar-refractivity contribution in [2.45, 2.75) is 0 Å². The fraction of sp³-hybridized carbons (Fsp3) is 0.160. The van der Waals surface area contributed by atoms with E-state index in [2.05, 4.69) is 27.2 Å². The first-order chi connectivity index (χ1) is 15.0. The van der Waals surface area contributed by atoms with E-state index in [1.807, 2.05) is 94.9 Å². The fourth-order valence-corrected chi connectivity index (χ4v) is 3.14. The van der Waals surface area contributed by atoms with Crippen molar-refractivity contribution in [3.8, 4) is 0 Å². The van der Waals surface area contributed by atoms with Gasteiger partial charge in [0.25, 0.3) is 0 Å². The van der Waals surface area contributed by atoms with Crippen LogP contribution in [-0.2, 0) is 0 Å². The second-order valence-electron chi connectivity index (χ2n) is 7.67. The Morgan fingerprint density at radius 3 is 1.84 bits per heavy atom. The van der Waals surface area contributed by atoms with E-state index in [0.29, 0.717) is 17.5 Å². The lowest BCUT2D eigenvalue weighted by atomic mass is 10.2. The molecule has 0 saturated carbocycles. The van der Waals surface area contributed by atoms with E-state index in [4.69, 9.17) is 15.0 Å². The number of aliphatic imine (C=N–C) groups is 3.